The van der Waals surface area contributed by atoms with E-state index in [1.165, 1.54) is 6.33 Å². The summed E-state index contributed by atoms with van der Waals surface area (Å²) in [6, 6.07) is 5.05. The Morgan fingerprint density at radius 2 is 2.00 bits per heavy atom. The Kier molecular flexibility index (Phi) is 4.53. The standard InChI is InChI=1S/C19H20F2N4O2/c1-24-7-4-16(23-24)18-17(14-10-13(20)2-3-15(14)21)22-12-25(18)11-19(26)5-8-27-9-6-19/h2-4,7,10,12,26H,5-6,8-9,11H2,1H3. The van der Waals surface area contributed by atoms with E-state index >= 15 is 0 Å². The molecule has 0 atom stereocenters. The summed E-state index contributed by atoms with van der Waals surface area (Å²) in [6.07, 6.45) is 4.30. The molecule has 0 spiro atoms. The van der Waals surface area contributed by atoms with Gasteiger partial charge in [0.2, 0.25) is 0 Å². The van der Waals surface area contributed by atoms with Crippen molar-refractivity contribution in [3.63, 3.8) is 0 Å². The molecule has 0 amide bonds. The van der Waals surface area contributed by atoms with Gasteiger partial charge in [0.25, 0.3) is 0 Å². The van der Waals surface area contributed by atoms with Crippen molar-refractivity contribution in [3.05, 3.63) is 48.4 Å². The maximum absolute atomic E-state index is 14.4. The van der Waals surface area contributed by atoms with Crippen molar-refractivity contribution in [2.75, 3.05) is 13.2 Å². The molecule has 8 heteroatoms. The van der Waals surface area contributed by atoms with Crippen LogP contribution in [0.3, 0.4) is 0 Å². The lowest BCUT2D eigenvalue weighted by molar-refractivity contribution is -0.0725. The van der Waals surface area contributed by atoms with Crippen LogP contribution in [-0.4, -0.2) is 43.3 Å². The summed E-state index contributed by atoms with van der Waals surface area (Å²) in [5, 5.41) is 15.3. The zero-order valence-electron chi connectivity index (χ0n) is 14.9. The molecule has 3 aromatic rings. The first-order valence-corrected chi connectivity index (χ1v) is 8.76. The van der Waals surface area contributed by atoms with Crippen LogP contribution in [0.2, 0.25) is 0 Å². The van der Waals surface area contributed by atoms with Crippen LogP contribution < -0.4 is 0 Å². The molecule has 1 aliphatic rings. The summed E-state index contributed by atoms with van der Waals surface area (Å²) in [5.41, 5.74) is 0.527. The van der Waals surface area contributed by atoms with E-state index in [2.05, 4.69) is 10.1 Å². The SMILES string of the molecule is Cn1ccc(-c2c(-c3cc(F)ccc3F)ncn2CC2(O)CCOCC2)n1. The van der Waals surface area contributed by atoms with E-state index < -0.39 is 17.2 Å². The monoisotopic (exact) mass is 374 g/mol. The van der Waals surface area contributed by atoms with E-state index in [-0.39, 0.29) is 12.1 Å². The van der Waals surface area contributed by atoms with Crippen molar-refractivity contribution in [1.82, 2.24) is 19.3 Å². The van der Waals surface area contributed by atoms with Crippen LogP contribution in [0.5, 0.6) is 0 Å². The van der Waals surface area contributed by atoms with Gasteiger partial charge in [-0.2, -0.15) is 5.10 Å². The lowest BCUT2D eigenvalue weighted by atomic mass is 9.94. The fourth-order valence-corrected chi connectivity index (χ4v) is 3.41. The molecule has 4 rings (SSSR count). The predicted molar refractivity (Wildman–Crippen MR) is 94.8 cm³/mol. The van der Waals surface area contributed by atoms with E-state index in [0.29, 0.717) is 43.1 Å². The van der Waals surface area contributed by atoms with Gasteiger partial charge in [-0.05, 0) is 24.3 Å². The number of aromatic nitrogens is 4. The first-order chi connectivity index (χ1) is 13.0. The summed E-state index contributed by atoms with van der Waals surface area (Å²) in [6.45, 7) is 1.23. The predicted octanol–water partition coefficient (Wildman–Crippen LogP) is 2.77. The van der Waals surface area contributed by atoms with Gasteiger partial charge < -0.3 is 14.4 Å². The maximum atomic E-state index is 14.4. The average Bonchev–Trinajstić information content (AvgIpc) is 3.23. The van der Waals surface area contributed by atoms with Gasteiger partial charge in [-0.25, -0.2) is 13.8 Å². The Labute approximate surface area is 155 Å². The molecular weight excluding hydrogens is 354 g/mol. The van der Waals surface area contributed by atoms with Gasteiger partial charge in [-0.1, -0.05) is 0 Å². The maximum Gasteiger partial charge on any atom is 0.132 e. The third-order valence-corrected chi connectivity index (χ3v) is 4.87. The first-order valence-electron chi connectivity index (χ1n) is 8.76. The number of imidazole rings is 1. The van der Waals surface area contributed by atoms with Crippen LogP contribution in [0.15, 0.2) is 36.8 Å². The van der Waals surface area contributed by atoms with E-state index in [9.17, 15) is 13.9 Å². The summed E-state index contributed by atoms with van der Waals surface area (Å²) in [4.78, 5) is 4.34. The molecule has 0 saturated carbocycles. The third-order valence-electron chi connectivity index (χ3n) is 4.87. The van der Waals surface area contributed by atoms with Crippen molar-refractivity contribution in [1.29, 1.82) is 0 Å². The fraction of sp³-hybridized carbons (Fsp3) is 0.368. The highest BCUT2D eigenvalue weighted by Crippen LogP contribution is 2.34. The highest BCUT2D eigenvalue weighted by atomic mass is 19.1. The van der Waals surface area contributed by atoms with Gasteiger partial charge in [0.1, 0.15) is 23.0 Å². The molecule has 142 valence electrons. The van der Waals surface area contributed by atoms with Crippen LogP contribution in [0.1, 0.15) is 12.8 Å². The smallest absolute Gasteiger partial charge is 0.132 e. The molecule has 1 saturated heterocycles. The van der Waals surface area contributed by atoms with Crippen molar-refractivity contribution < 1.29 is 18.6 Å². The van der Waals surface area contributed by atoms with Crippen molar-refractivity contribution >= 4 is 0 Å². The molecule has 2 aromatic heterocycles. The minimum atomic E-state index is -0.944. The Morgan fingerprint density at radius 3 is 2.70 bits per heavy atom. The molecule has 0 bridgehead atoms. The second-order valence-electron chi connectivity index (χ2n) is 6.91. The van der Waals surface area contributed by atoms with Crippen LogP contribution >= 0.6 is 0 Å². The number of hydrogen-bond donors (Lipinski definition) is 1. The van der Waals surface area contributed by atoms with Gasteiger partial charge >= 0.3 is 0 Å². The number of nitrogens with zero attached hydrogens (tertiary/aromatic N) is 4. The Morgan fingerprint density at radius 1 is 1.22 bits per heavy atom. The zero-order valence-corrected chi connectivity index (χ0v) is 14.9. The summed E-state index contributed by atoms with van der Waals surface area (Å²) in [7, 11) is 1.78. The van der Waals surface area contributed by atoms with Crippen molar-refractivity contribution in [2.45, 2.75) is 25.0 Å². The van der Waals surface area contributed by atoms with Crippen LogP contribution in [0.4, 0.5) is 8.78 Å². The summed E-state index contributed by atoms with van der Waals surface area (Å²) in [5.74, 6) is -1.11. The molecule has 6 nitrogen and oxygen atoms in total. The molecule has 1 fully saturated rings. The Bertz CT molecular complexity index is 961. The molecule has 3 heterocycles. The normalized spacial score (nSPS) is 16.6. The van der Waals surface area contributed by atoms with E-state index in [0.717, 1.165) is 18.2 Å². The average molecular weight is 374 g/mol. The molecule has 0 aliphatic carbocycles. The van der Waals surface area contributed by atoms with Gasteiger partial charge in [0.15, 0.2) is 0 Å². The number of aryl methyl sites for hydroxylation is 1. The van der Waals surface area contributed by atoms with Gasteiger partial charge in [-0.15, -0.1) is 0 Å². The largest absolute Gasteiger partial charge is 0.388 e. The Hall–Kier alpha value is -2.58. The number of ether oxygens (including phenoxy) is 1. The quantitative estimate of drug-likeness (QED) is 0.763. The van der Waals surface area contributed by atoms with E-state index in [4.69, 9.17) is 4.74 Å². The number of rotatable bonds is 4. The molecule has 1 N–H and O–H groups in total. The van der Waals surface area contributed by atoms with Gasteiger partial charge in [0, 0.05) is 44.9 Å². The second-order valence-corrected chi connectivity index (χ2v) is 6.91. The zero-order chi connectivity index (χ0) is 19.0. The van der Waals surface area contributed by atoms with E-state index in [1.807, 2.05) is 0 Å². The molecule has 1 aliphatic heterocycles. The third kappa shape index (κ3) is 3.50. The number of aliphatic hydroxyl groups is 1. The number of benzene rings is 1. The summed E-state index contributed by atoms with van der Waals surface area (Å²) < 4.78 is 36.8. The van der Waals surface area contributed by atoms with Crippen LogP contribution in [0, 0.1) is 11.6 Å². The van der Waals surface area contributed by atoms with Gasteiger partial charge in [-0.3, -0.25) is 4.68 Å². The van der Waals surface area contributed by atoms with E-state index in [1.54, 1.807) is 28.6 Å². The number of halogens is 2. The molecule has 0 radical (unpaired) electrons. The topological polar surface area (TPSA) is 65.1 Å². The van der Waals surface area contributed by atoms with Crippen molar-refractivity contribution in [3.8, 4) is 22.6 Å². The molecule has 0 unspecified atom stereocenters. The number of hydrogen-bond acceptors (Lipinski definition) is 4. The van der Waals surface area contributed by atoms with Gasteiger partial charge in [0.05, 0.1) is 24.2 Å². The van der Waals surface area contributed by atoms with Crippen molar-refractivity contribution in [2.24, 2.45) is 7.05 Å². The minimum absolute atomic E-state index is 0.0633. The molecule has 1 aromatic carbocycles. The van der Waals surface area contributed by atoms with Crippen LogP contribution in [0.25, 0.3) is 22.6 Å². The lowest BCUT2D eigenvalue weighted by Gasteiger charge is -2.32. The second kappa shape index (κ2) is 6.86. The first kappa shape index (κ1) is 17.8. The Balaban J connectivity index is 1.83. The minimum Gasteiger partial charge on any atom is -0.388 e. The van der Waals surface area contributed by atoms with Crippen LogP contribution in [-0.2, 0) is 18.3 Å². The highest BCUT2D eigenvalue weighted by Gasteiger charge is 2.32. The molecular formula is C19H20F2N4O2. The summed E-state index contributed by atoms with van der Waals surface area (Å²) >= 11 is 0. The fourth-order valence-electron chi connectivity index (χ4n) is 3.41. The molecule has 27 heavy (non-hydrogen) atoms. The lowest BCUT2D eigenvalue weighted by Crippen LogP contribution is -2.40. The highest BCUT2D eigenvalue weighted by molar-refractivity contribution is 5.77.